The highest BCUT2D eigenvalue weighted by molar-refractivity contribution is 7.19. The van der Waals surface area contributed by atoms with E-state index in [2.05, 4.69) is 35.9 Å². The van der Waals surface area contributed by atoms with Gasteiger partial charge in [0, 0.05) is 40.8 Å². The number of thiophene rings is 2. The normalized spacial score (nSPS) is 24.1. The standard InChI is InChI=1S/C17H22N4OS.C15H20N4S.CH4/c1-10(22)20-11-5-7-12(8-6-11)21-16-15-13-3-2-4-14(13)23-17(15)19-9-18-16;16-9-4-6-10(7-5-9)19-14-13-11-2-1-3-12(11)20-15(13)18-8-17-14;/h9,11-12H,2-8H2,1H3,(H,20,22)(H,18,19,21);8-10H,1-7,16H2,(H,17,18,19);1H4. The Morgan fingerprint density at radius 1 is 0.705 bits per heavy atom. The summed E-state index contributed by atoms with van der Waals surface area (Å²) >= 11 is 3.68. The molecular formula is C33H46N8OS2. The highest BCUT2D eigenvalue weighted by Crippen LogP contribution is 2.41. The molecule has 1 amide bonds. The summed E-state index contributed by atoms with van der Waals surface area (Å²) in [6, 6.07) is 1.69. The fourth-order valence-electron chi connectivity index (χ4n) is 7.40. The first-order chi connectivity index (χ1) is 21.0. The first-order valence-corrected chi connectivity index (χ1v) is 17.7. The summed E-state index contributed by atoms with van der Waals surface area (Å²) in [4.78, 5) is 34.4. The topological polar surface area (TPSA) is 131 Å². The SMILES string of the molecule is C.CC(=O)NC1CCC(Nc2ncnc3sc4c(c23)CCC4)CC1.NC1CCC(Nc2ncnc3sc4c(c23)CCC4)CC1. The molecule has 4 heterocycles. The average Bonchev–Trinajstić information content (AvgIpc) is 3.77. The number of rotatable bonds is 5. The first-order valence-electron chi connectivity index (χ1n) is 16.1. The predicted octanol–water partition coefficient (Wildman–Crippen LogP) is 6.54. The van der Waals surface area contributed by atoms with Crippen LogP contribution in [-0.4, -0.2) is 50.0 Å². The number of nitrogens with two attached hydrogens (primary N) is 1. The minimum atomic E-state index is 0. The van der Waals surface area contributed by atoms with Crippen LogP contribution < -0.4 is 21.7 Å². The molecule has 0 saturated heterocycles. The second kappa shape index (κ2) is 13.6. The monoisotopic (exact) mass is 634 g/mol. The number of fused-ring (bicyclic) bond motifs is 6. The number of aromatic nitrogens is 4. The molecule has 0 bridgehead atoms. The van der Waals surface area contributed by atoms with Gasteiger partial charge in [0.1, 0.15) is 34.0 Å². The summed E-state index contributed by atoms with van der Waals surface area (Å²) in [5.74, 6) is 2.14. The summed E-state index contributed by atoms with van der Waals surface area (Å²) < 4.78 is 0. The molecule has 4 aromatic rings. The van der Waals surface area contributed by atoms with Gasteiger partial charge in [-0.15, -0.1) is 22.7 Å². The lowest BCUT2D eigenvalue weighted by Crippen LogP contribution is -2.39. The molecule has 0 aliphatic heterocycles. The number of anilines is 2. The number of hydrogen-bond acceptors (Lipinski definition) is 10. The van der Waals surface area contributed by atoms with Gasteiger partial charge in [0.2, 0.25) is 5.91 Å². The van der Waals surface area contributed by atoms with Gasteiger partial charge in [-0.25, -0.2) is 19.9 Å². The van der Waals surface area contributed by atoms with Gasteiger partial charge in [-0.3, -0.25) is 4.79 Å². The van der Waals surface area contributed by atoms with Gasteiger partial charge in [-0.2, -0.15) is 0 Å². The zero-order valence-corrected chi connectivity index (χ0v) is 26.6. The molecule has 0 unspecified atom stereocenters. The Morgan fingerprint density at radius 3 is 1.64 bits per heavy atom. The van der Waals surface area contributed by atoms with Crippen LogP contribution in [0.3, 0.4) is 0 Å². The van der Waals surface area contributed by atoms with Gasteiger partial charge in [-0.05, 0) is 101 Å². The van der Waals surface area contributed by atoms with E-state index < -0.39 is 0 Å². The van der Waals surface area contributed by atoms with Crippen LogP contribution in [0.4, 0.5) is 11.6 Å². The minimum Gasteiger partial charge on any atom is -0.367 e. The molecule has 2 saturated carbocycles. The van der Waals surface area contributed by atoms with Crippen molar-refractivity contribution in [1.29, 1.82) is 0 Å². The fraction of sp³-hybridized carbons (Fsp3) is 0.606. The molecule has 9 nitrogen and oxygen atoms in total. The molecule has 0 aromatic carbocycles. The molecule has 11 heteroatoms. The van der Waals surface area contributed by atoms with Crippen molar-refractivity contribution in [2.24, 2.45) is 5.73 Å². The van der Waals surface area contributed by atoms with Crippen LogP contribution >= 0.6 is 22.7 Å². The lowest BCUT2D eigenvalue weighted by molar-refractivity contribution is -0.119. The molecule has 0 spiro atoms. The zero-order chi connectivity index (χ0) is 29.3. The molecule has 236 valence electrons. The van der Waals surface area contributed by atoms with Crippen molar-refractivity contribution in [3.63, 3.8) is 0 Å². The Hall–Kier alpha value is -2.89. The van der Waals surface area contributed by atoms with Crippen LogP contribution in [0.2, 0.25) is 0 Å². The summed E-state index contributed by atoms with van der Waals surface area (Å²) in [6.07, 6.45) is 19.4. The Labute approximate surface area is 268 Å². The van der Waals surface area contributed by atoms with Crippen molar-refractivity contribution >= 4 is 60.6 Å². The third kappa shape index (κ3) is 6.55. The lowest BCUT2D eigenvalue weighted by atomic mass is 9.91. The van der Waals surface area contributed by atoms with E-state index in [1.807, 2.05) is 22.7 Å². The highest BCUT2D eigenvalue weighted by atomic mass is 32.1. The van der Waals surface area contributed by atoms with Crippen molar-refractivity contribution < 1.29 is 4.79 Å². The molecule has 44 heavy (non-hydrogen) atoms. The third-order valence-corrected chi connectivity index (χ3v) is 12.0. The van der Waals surface area contributed by atoms with E-state index in [0.717, 1.165) is 79.1 Å². The maximum atomic E-state index is 11.2. The molecule has 5 N–H and O–H groups in total. The molecule has 4 aliphatic rings. The first kappa shape index (κ1) is 31.1. The van der Waals surface area contributed by atoms with Gasteiger partial charge in [-0.1, -0.05) is 7.43 Å². The van der Waals surface area contributed by atoms with E-state index >= 15 is 0 Å². The Bertz CT molecular complexity index is 1600. The molecule has 8 rings (SSSR count). The summed E-state index contributed by atoms with van der Waals surface area (Å²) in [5, 5.41) is 12.9. The smallest absolute Gasteiger partial charge is 0.217 e. The van der Waals surface area contributed by atoms with Gasteiger partial charge < -0.3 is 21.7 Å². The van der Waals surface area contributed by atoms with Crippen molar-refractivity contribution in [1.82, 2.24) is 25.3 Å². The maximum Gasteiger partial charge on any atom is 0.217 e. The molecule has 2 fully saturated rings. The van der Waals surface area contributed by atoms with E-state index in [1.165, 1.54) is 63.8 Å². The van der Waals surface area contributed by atoms with Crippen LogP contribution in [0.1, 0.15) is 99.4 Å². The molecule has 4 aromatic heterocycles. The van der Waals surface area contributed by atoms with Crippen LogP contribution in [-0.2, 0) is 30.5 Å². The second-order valence-corrected chi connectivity index (χ2v) is 14.8. The van der Waals surface area contributed by atoms with Crippen molar-refractivity contribution in [2.45, 2.75) is 128 Å². The number of carbonyl (C=O) groups is 1. The van der Waals surface area contributed by atoms with Gasteiger partial charge in [0.05, 0.1) is 10.8 Å². The van der Waals surface area contributed by atoms with Crippen molar-refractivity contribution in [2.75, 3.05) is 10.6 Å². The molecule has 0 radical (unpaired) electrons. The van der Waals surface area contributed by atoms with Crippen LogP contribution in [0.15, 0.2) is 12.7 Å². The number of nitrogens with one attached hydrogen (secondary N) is 3. The maximum absolute atomic E-state index is 11.2. The third-order valence-electron chi connectivity index (χ3n) is 9.59. The second-order valence-electron chi connectivity index (χ2n) is 12.7. The average molecular weight is 635 g/mol. The van der Waals surface area contributed by atoms with Crippen LogP contribution in [0.25, 0.3) is 20.4 Å². The van der Waals surface area contributed by atoms with Crippen LogP contribution in [0, 0.1) is 0 Å². The van der Waals surface area contributed by atoms with E-state index in [-0.39, 0.29) is 13.3 Å². The number of hydrogen-bond donors (Lipinski definition) is 4. The predicted molar refractivity (Wildman–Crippen MR) is 183 cm³/mol. The van der Waals surface area contributed by atoms with Crippen LogP contribution in [0.5, 0.6) is 0 Å². The van der Waals surface area contributed by atoms with Gasteiger partial charge in [0.25, 0.3) is 0 Å². The zero-order valence-electron chi connectivity index (χ0n) is 25.0. The quantitative estimate of drug-likeness (QED) is 0.195. The summed E-state index contributed by atoms with van der Waals surface area (Å²) in [5.41, 5.74) is 8.96. The molecule has 4 aliphatic carbocycles. The van der Waals surface area contributed by atoms with E-state index in [4.69, 9.17) is 5.73 Å². The Morgan fingerprint density at radius 2 is 1.16 bits per heavy atom. The van der Waals surface area contributed by atoms with Crippen molar-refractivity contribution in [3.05, 3.63) is 33.5 Å². The fourth-order valence-corrected chi connectivity index (χ4v) is 9.85. The Balaban J connectivity index is 0.000000154. The minimum absolute atomic E-state index is 0. The van der Waals surface area contributed by atoms with Crippen molar-refractivity contribution in [3.8, 4) is 0 Å². The van der Waals surface area contributed by atoms with E-state index in [1.54, 1.807) is 19.6 Å². The number of carbonyl (C=O) groups excluding carboxylic acids is 1. The summed E-state index contributed by atoms with van der Waals surface area (Å²) in [6.45, 7) is 1.60. The highest BCUT2D eigenvalue weighted by Gasteiger charge is 2.26. The van der Waals surface area contributed by atoms with Gasteiger partial charge >= 0.3 is 0 Å². The van der Waals surface area contributed by atoms with Gasteiger partial charge in [0.15, 0.2) is 0 Å². The number of amides is 1. The largest absolute Gasteiger partial charge is 0.367 e. The summed E-state index contributed by atoms with van der Waals surface area (Å²) in [7, 11) is 0. The lowest BCUT2D eigenvalue weighted by Gasteiger charge is -2.29. The molecule has 0 atom stereocenters. The number of nitrogens with zero attached hydrogens (tertiary/aromatic N) is 4. The number of aryl methyl sites for hydroxylation is 4. The molecular weight excluding hydrogens is 589 g/mol. The Kier molecular flexibility index (Phi) is 9.63. The van der Waals surface area contributed by atoms with E-state index in [9.17, 15) is 4.79 Å². The van der Waals surface area contributed by atoms with E-state index in [0.29, 0.717) is 24.2 Å².